The Bertz CT molecular complexity index is 800. The van der Waals surface area contributed by atoms with E-state index in [0.717, 1.165) is 4.90 Å². The molecule has 0 bridgehead atoms. The average molecular weight is 390 g/mol. The molecule has 0 unspecified atom stereocenters. The SMILES string of the molecule is CC(C)(C)OOC(=O)C(C)(C)NC(=O)C(C)(C)N1C(=O)c2ccccc2C1=O. The fraction of sp³-hybridized carbons (Fsp3) is 0.500. The third-order valence-corrected chi connectivity index (χ3v) is 4.21. The number of carbonyl (C=O) groups is 4. The van der Waals surface area contributed by atoms with Crippen LogP contribution in [0.25, 0.3) is 0 Å². The van der Waals surface area contributed by atoms with E-state index in [0.29, 0.717) is 0 Å². The van der Waals surface area contributed by atoms with Gasteiger partial charge in [-0.25, -0.2) is 4.79 Å². The van der Waals surface area contributed by atoms with Gasteiger partial charge in [0.05, 0.1) is 11.1 Å². The lowest BCUT2D eigenvalue weighted by molar-refractivity contribution is -0.323. The van der Waals surface area contributed by atoms with Crippen LogP contribution >= 0.6 is 0 Å². The molecule has 8 heteroatoms. The van der Waals surface area contributed by atoms with Crippen LogP contribution in [-0.2, 0) is 19.4 Å². The summed E-state index contributed by atoms with van der Waals surface area (Å²) >= 11 is 0. The van der Waals surface area contributed by atoms with Gasteiger partial charge in [0, 0.05) is 0 Å². The number of hydrogen-bond acceptors (Lipinski definition) is 6. The molecule has 2 rings (SSSR count). The maximum absolute atomic E-state index is 12.9. The van der Waals surface area contributed by atoms with Crippen LogP contribution in [-0.4, -0.2) is 45.3 Å². The van der Waals surface area contributed by atoms with E-state index >= 15 is 0 Å². The largest absolute Gasteiger partial charge is 0.366 e. The number of nitrogens with zero attached hydrogens (tertiary/aromatic N) is 1. The summed E-state index contributed by atoms with van der Waals surface area (Å²) in [7, 11) is 0. The summed E-state index contributed by atoms with van der Waals surface area (Å²) in [6.45, 7) is 10.9. The van der Waals surface area contributed by atoms with E-state index in [1.807, 2.05) is 0 Å². The highest BCUT2D eigenvalue weighted by Crippen LogP contribution is 2.30. The molecule has 0 saturated heterocycles. The number of carbonyl (C=O) groups excluding carboxylic acids is 4. The fourth-order valence-electron chi connectivity index (χ4n) is 2.55. The van der Waals surface area contributed by atoms with Gasteiger partial charge in [-0.15, -0.1) is 0 Å². The Labute approximate surface area is 164 Å². The van der Waals surface area contributed by atoms with Crippen LogP contribution in [0.1, 0.15) is 69.2 Å². The van der Waals surface area contributed by atoms with E-state index in [9.17, 15) is 19.2 Å². The molecule has 1 aliphatic rings. The van der Waals surface area contributed by atoms with Gasteiger partial charge in [0.2, 0.25) is 5.91 Å². The van der Waals surface area contributed by atoms with E-state index in [2.05, 4.69) is 5.32 Å². The Morgan fingerprint density at radius 1 is 0.893 bits per heavy atom. The van der Waals surface area contributed by atoms with Crippen molar-refractivity contribution in [1.29, 1.82) is 0 Å². The first-order valence-electron chi connectivity index (χ1n) is 8.89. The third-order valence-electron chi connectivity index (χ3n) is 4.21. The Morgan fingerprint density at radius 3 is 1.79 bits per heavy atom. The van der Waals surface area contributed by atoms with Gasteiger partial charge < -0.3 is 5.32 Å². The van der Waals surface area contributed by atoms with Crippen LogP contribution in [0.2, 0.25) is 0 Å². The van der Waals surface area contributed by atoms with Gasteiger partial charge in [0.25, 0.3) is 11.8 Å². The number of fused-ring (bicyclic) bond motifs is 1. The second-order valence-corrected chi connectivity index (χ2v) is 8.70. The molecule has 1 aromatic carbocycles. The Hall–Kier alpha value is -2.74. The van der Waals surface area contributed by atoms with Crippen molar-refractivity contribution < 1.29 is 29.0 Å². The molecule has 28 heavy (non-hydrogen) atoms. The first-order chi connectivity index (χ1) is 12.7. The molecule has 0 atom stereocenters. The molecule has 0 saturated carbocycles. The number of benzene rings is 1. The normalized spacial score (nSPS) is 14.8. The van der Waals surface area contributed by atoms with Crippen LogP contribution in [0.15, 0.2) is 24.3 Å². The molecule has 1 aliphatic heterocycles. The number of hydrogen-bond donors (Lipinski definition) is 1. The first-order valence-corrected chi connectivity index (χ1v) is 8.89. The summed E-state index contributed by atoms with van der Waals surface area (Å²) in [5, 5.41) is 2.54. The summed E-state index contributed by atoms with van der Waals surface area (Å²) in [5.41, 5.74) is -3.21. The van der Waals surface area contributed by atoms with E-state index in [-0.39, 0.29) is 11.1 Å². The van der Waals surface area contributed by atoms with Gasteiger partial charge in [-0.05, 0) is 60.6 Å². The van der Waals surface area contributed by atoms with Gasteiger partial charge in [0.1, 0.15) is 16.7 Å². The smallest absolute Gasteiger partial charge is 0.339 e. The second-order valence-electron chi connectivity index (χ2n) is 8.70. The van der Waals surface area contributed by atoms with Crippen LogP contribution < -0.4 is 5.32 Å². The third kappa shape index (κ3) is 4.06. The van der Waals surface area contributed by atoms with Crippen LogP contribution in [0.3, 0.4) is 0 Å². The first kappa shape index (κ1) is 21.6. The highest BCUT2D eigenvalue weighted by atomic mass is 17.2. The zero-order chi connectivity index (χ0) is 21.5. The summed E-state index contributed by atoms with van der Waals surface area (Å²) in [5.74, 6) is -2.61. The maximum atomic E-state index is 12.9. The molecular formula is C20H26N2O6. The molecule has 0 radical (unpaired) electrons. The van der Waals surface area contributed by atoms with Crippen LogP contribution in [0.5, 0.6) is 0 Å². The molecule has 0 fully saturated rings. The molecule has 0 spiro atoms. The fourth-order valence-corrected chi connectivity index (χ4v) is 2.55. The lowest BCUT2D eigenvalue weighted by Gasteiger charge is -2.35. The van der Waals surface area contributed by atoms with Crippen LogP contribution in [0.4, 0.5) is 0 Å². The van der Waals surface area contributed by atoms with E-state index in [4.69, 9.17) is 9.78 Å². The van der Waals surface area contributed by atoms with Gasteiger partial charge in [-0.3, -0.25) is 24.2 Å². The maximum Gasteiger partial charge on any atom is 0.366 e. The molecule has 8 nitrogen and oxygen atoms in total. The van der Waals surface area contributed by atoms with E-state index in [1.54, 1.807) is 32.9 Å². The predicted octanol–water partition coefficient (Wildman–Crippen LogP) is 2.23. The van der Waals surface area contributed by atoms with Crippen molar-refractivity contribution in [2.24, 2.45) is 0 Å². The molecular weight excluding hydrogens is 364 g/mol. The average Bonchev–Trinajstić information content (AvgIpc) is 2.83. The molecule has 0 aromatic heterocycles. The van der Waals surface area contributed by atoms with Crippen molar-refractivity contribution in [2.75, 3.05) is 0 Å². The lowest BCUT2D eigenvalue weighted by Crippen LogP contribution is -2.62. The van der Waals surface area contributed by atoms with Crippen molar-refractivity contribution >= 4 is 23.7 Å². The predicted molar refractivity (Wildman–Crippen MR) is 100 cm³/mol. The minimum absolute atomic E-state index is 0.241. The van der Waals surface area contributed by atoms with Crippen molar-refractivity contribution in [3.8, 4) is 0 Å². The monoisotopic (exact) mass is 390 g/mol. The van der Waals surface area contributed by atoms with Crippen LogP contribution in [0, 0.1) is 0 Å². The zero-order valence-corrected chi connectivity index (χ0v) is 17.2. The Balaban J connectivity index is 2.18. The summed E-state index contributed by atoms with van der Waals surface area (Å²) in [6.07, 6.45) is 0. The summed E-state index contributed by atoms with van der Waals surface area (Å²) in [6, 6.07) is 6.37. The summed E-state index contributed by atoms with van der Waals surface area (Å²) in [4.78, 5) is 61.3. The number of nitrogens with one attached hydrogen (secondary N) is 1. The minimum atomic E-state index is -1.53. The van der Waals surface area contributed by atoms with Crippen molar-refractivity contribution in [1.82, 2.24) is 10.2 Å². The lowest BCUT2D eigenvalue weighted by atomic mass is 9.98. The zero-order valence-electron chi connectivity index (χ0n) is 17.2. The minimum Gasteiger partial charge on any atom is -0.339 e. The molecule has 1 heterocycles. The van der Waals surface area contributed by atoms with Gasteiger partial charge in [-0.1, -0.05) is 12.1 Å². The number of imide groups is 1. The van der Waals surface area contributed by atoms with Crippen molar-refractivity contribution in [3.05, 3.63) is 35.4 Å². The number of amides is 3. The Morgan fingerprint density at radius 2 is 1.36 bits per heavy atom. The molecule has 3 amide bonds. The topological polar surface area (TPSA) is 102 Å². The van der Waals surface area contributed by atoms with Gasteiger partial charge in [-0.2, -0.15) is 4.89 Å². The highest BCUT2D eigenvalue weighted by Gasteiger charge is 2.49. The standard InChI is InChI=1S/C20H26N2O6/c1-18(2,3)28-27-17(26)19(4,5)21-16(25)20(6,7)22-14(23)12-10-8-9-11-13(12)15(22)24/h8-11H,1-7H3,(H,21,25). The van der Waals surface area contributed by atoms with Crippen molar-refractivity contribution in [2.45, 2.75) is 65.1 Å². The quantitative estimate of drug-likeness (QED) is 0.470. The highest BCUT2D eigenvalue weighted by molar-refractivity contribution is 6.23. The summed E-state index contributed by atoms with van der Waals surface area (Å²) < 4.78 is 0. The molecule has 1 N–H and O–H groups in total. The van der Waals surface area contributed by atoms with E-state index in [1.165, 1.54) is 39.8 Å². The van der Waals surface area contributed by atoms with Gasteiger partial charge in [0.15, 0.2) is 0 Å². The molecule has 152 valence electrons. The van der Waals surface area contributed by atoms with Crippen molar-refractivity contribution in [3.63, 3.8) is 0 Å². The van der Waals surface area contributed by atoms with E-state index < -0.39 is 40.4 Å². The van der Waals surface area contributed by atoms with Gasteiger partial charge >= 0.3 is 5.97 Å². The second kappa shape index (κ2) is 7.01. The number of rotatable bonds is 5. The molecule has 0 aliphatic carbocycles. The Kier molecular flexibility index (Phi) is 5.40. The molecule has 1 aromatic rings.